The summed E-state index contributed by atoms with van der Waals surface area (Å²) in [5.74, 6) is -0.0855. The van der Waals surface area contributed by atoms with Crippen LogP contribution in [0.2, 0.25) is 0 Å². The van der Waals surface area contributed by atoms with E-state index in [1.165, 1.54) is 4.90 Å². The minimum atomic E-state index is -0.0672. The smallest absolute Gasteiger partial charge is 0.234 e. The number of likely N-dealkylation sites (tertiary alicyclic amines) is 2. The molecule has 3 aliphatic rings. The van der Waals surface area contributed by atoms with Crippen molar-refractivity contribution in [2.24, 2.45) is 11.8 Å². The molecule has 17 heavy (non-hydrogen) atoms. The first-order chi connectivity index (χ1) is 8.18. The van der Waals surface area contributed by atoms with Crippen molar-refractivity contribution >= 4 is 11.8 Å². The largest absolute Gasteiger partial charge is 0.317 e. The van der Waals surface area contributed by atoms with Gasteiger partial charge in [0.15, 0.2) is 0 Å². The summed E-state index contributed by atoms with van der Waals surface area (Å²) in [5, 5.41) is 3.34. The third-order valence-corrected chi connectivity index (χ3v) is 4.47. The Morgan fingerprint density at radius 1 is 1.06 bits per heavy atom. The number of rotatable bonds is 1. The first kappa shape index (κ1) is 11.2. The summed E-state index contributed by atoms with van der Waals surface area (Å²) in [7, 11) is 1.61. The Morgan fingerprint density at radius 3 is 2.12 bits per heavy atom. The van der Waals surface area contributed by atoms with Crippen LogP contribution in [0.3, 0.4) is 0 Å². The van der Waals surface area contributed by atoms with Gasteiger partial charge in [0.05, 0.1) is 11.8 Å². The van der Waals surface area contributed by atoms with E-state index in [-0.39, 0.29) is 23.7 Å². The lowest BCUT2D eigenvalue weighted by Gasteiger charge is -2.32. The summed E-state index contributed by atoms with van der Waals surface area (Å²) in [5.41, 5.74) is 0. The van der Waals surface area contributed by atoms with Crippen molar-refractivity contribution in [3.63, 3.8) is 0 Å². The number of hydrogen-bond acceptors (Lipinski definition) is 4. The number of nitrogens with one attached hydrogen (secondary N) is 1. The van der Waals surface area contributed by atoms with Crippen molar-refractivity contribution in [3.8, 4) is 0 Å². The van der Waals surface area contributed by atoms with Crippen LogP contribution in [0.15, 0.2) is 0 Å². The molecule has 0 aromatic rings. The summed E-state index contributed by atoms with van der Waals surface area (Å²) in [4.78, 5) is 27.5. The van der Waals surface area contributed by atoms with Gasteiger partial charge in [-0.1, -0.05) is 0 Å². The molecule has 3 aliphatic heterocycles. The van der Waals surface area contributed by atoms with Crippen LogP contribution in [0.5, 0.6) is 0 Å². The predicted octanol–water partition coefficient (Wildman–Crippen LogP) is -0.715. The maximum absolute atomic E-state index is 11.9. The predicted molar refractivity (Wildman–Crippen MR) is 62.2 cm³/mol. The maximum Gasteiger partial charge on any atom is 0.234 e. The highest BCUT2D eigenvalue weighted by atomic mass is 16.2. The summed E-state index contributed by atoms with van der Waals surface area (Å²) in [6, 6.07) is 0.563. The SMILES string of the molecule is CN1C(=O)[C@@H]2CN(C3CCNCC3)C[C@H]2C1=O. The van der Waals surface area contributed by atoms with Gasteiger partial charge in [-0.2, -0.15) is 0 Å². The van der Waals surface area contributed by atoms with Crippen molar-refractivity contribution in [1.29, 1.82) is 0 Å². The average molecular weight is 237 g/mol. The van der Waals surface area contributed by atoms with E-state index < -0.39 is 0 Å². The Hall–Kier alpha value is -0.940. The Bertz CT molecular complexity index is 328. The highest BCUT2D eigenvalue weighted by molar-refractivity contribution is 6.05. The van der Waals surface area contributed by atoms with Crippen molar-refractivity contribution in [1.82, 2.24) is 15.1 Å². The van der Waals surface area contributed by atoms with E-state index in [2.05, 4.69) is 10.2 Å². The Labute approximate surface area is 101 Å². The zero-order valence-electron chi connectivity index (χ0n) is 10.2. The molecule has 3 rings (SSSR count). The van der Waals surface area contributed by atoms with Crippen LogP contribution in [0.4, 0.5) is 0 Å². The molecule has 3 heterocycles. The average Bonchev–Trinajstić information content (AvgIpc) is 2.88. The van der Waals surface area contributed by atoms with Crippen LogP contribution in [0.1, 0.15) is 12.8 Å². The number of imide groups is 1. The second-order valence-corrected chi connectivity index (χ2v) is 5.38. The number of fused-ring (bicyclic) bond motifs is 1. The van der Waals surface area contributed by atoms with Crippen molar-refractivity contribution in [2.45, 2.75) is 18.9 Å². The lowest BCUT2D eigenvalue weighted by Crippen LogP contribution is -2.44. The van der Waals surface area contributed by atoms with Gasteiger partial charge >= 0.3 is 0 Å². The van der Waals surface area contributed by atoms with Crippen LogP contribution in [0, 0.1) is 11.8 Å². The van der Waals surface area contributed by atoms with Crippen LogP contribution in [-0.4, -0.2) is 60.9 Å². The van der Waals surface area contributed by atoms with E-state index in [4.69, 9.17) is 0 Å². The molecule has 0 saturated carbocycles. The van der Waals surface area contributed by atoms with Gasteiger partial charge in [0.1, 0.15) is 0 Å². The summed E-state index contributed by atoms with van der Waals surface area (Å²) in [6.07, 6.45) is 2.27. The molecule has 2 amide bonds. The summed E-state index contributed by atoms with van der Waals surface area (Å²) >= 11 is 0. The van der Waals surface area contributed by atoms with E-state index in [0.29, 0.717) is 6.04 Å². The number of hydrogen-bond donors (Lipinski definition) is 1. The molecule has 0 aromatic heterocycles. The zero-order valence-corrected chi connectivity index (χ0v) is 10.2. The fraction of sp³-hybridized carbons (Fsp3) is 0.833. The third kappa shape index (κ3) is 1.68. The molecule has 0 aromatic carbocycles. The molecule has 5 heteroatoms. The van der Waals surface area contributed by atoms with E-state index in [9.17, 15) is 9.59 Å². The number of carbonyl (C=O) groups excluding carboxylic acids is 2. The van der Waals surface area contributed by atoms with Crippen molar-refractivity contribution < 1.29 is 9.59 Å². The van der Waals surface area contributed by atoms with Crippen molar-refractivity contribution in [2.75, 3.05) is 33.2 Å². The zero-order chi connectivity index (χ0) is 12.0. The highest BCUT2D eigenvalue weighted by Crippen LogP contribution is 2.34. The van der Waals surface area contributed by atoms with Gasteiger partial charge in [0, 0.05) is 26.2 Å². The standard InChI is InChI=1S/C12H19N3O2/c1-14-11(16)9-6-15(7-10(9)12(14)17)8-2-4-13-5-3-8/h8-10,13H,2-7H2,1H3/t9-,10-/m1/s1. The van der Waals surface area contributed by atoms with Crippen LogP contribution < -0.4 is 5.32 Å². The molecular formula is C12H19N3O2. The lowest BCUT2D eigenvalue weighted by atomic mass is 10.00. The van der Waals surface area contributed by atoms with E-state index in [1.807, 2.05) is 0 Å². The summed E-state index contributed by atoms with van der Waals surface area (Å²) < 4.78 is 0. The second kappa shape index (κ2) is 4.07. The number of carbonyl (C=O) groups is 2. The van der Waals surface area contributed by atoms with Gasteiger partial charge in [-0.3, -0.25) is 19.4 Å². The molecule has 1 N–H and O–H groups in total. The van der Waals surface area contributed by atoms with E-state index in [0.717, 1.165) is 39.0 Å². The van der Waals surface area contributed by atoms with Gasteiger partial charge in [0.25, 0.3) is 0 Å². The Morgan fingerprint density at radius 2 is 1.59 bits per heavy atom. The van der Waals surface area contributed by atoms with Crippen LogP contribution in [0.25, 0.3) is 0 Å². The van der Waals surface area contributed by atoms with Crippen LogP contribution >= 0.6 is 0 Å². The molecule has 0 unspecified atom stereocenters. The highest BCUT2D eigenvalue weighted by Gasteiger charge is 2.51. The summed E-state index contributed by atoms with van der Waals surface area (Å²) in [6.45, 7) is 3.67. The molecule has 0 spiro atoms. The third-order valence-electron chi connectivity index (χ3n) is 4.47. The van der Waals surface area contributed by atoms with Gasteiger partial charge in [0.2, 0.25) is 11.8 Å². The maximum atomic E-state index is 11.9. The van der Waals surface area contributed by atoms with Crippen molar-refractivity contribution in [3.05, 3.63) is 0 Å². The molecule has 0 bridgehead atoms. The first-order valence-corrected chi connectivity index (χ1v) is 6.44. The Kier molecular flexibility index (Phi) is 2.67. The fourth-order valence-electron chi connectivity index (χ4n) is 3.41. The number of nitrogens with zero attached hydrogens (tertiary/aromatic N) is 2. The van der Waals surface area contributed by atoms with E-state index in [1.54, 1.807) is 7.05 Å². The van der Waals surface area contributed by atoms with Crippen LogP contribution in [-0.2, 0) is 9.59 Å². The molecule has 5 nitrogen and oxygen atoms in total. The molecular weight excluding hydrogens is 218 g/mol. The molecule has 3 saturated heterocycles. The molecule has 0 radical (unpaired) electrons. The lowest BCUT2D eigenvalue weighted by molar-refractivity contribution is -0.139. The number of piperidine rings is 1. The minimum Gasteiger partial charge on any atom is -0.317 e. The molecule has 94 valence electrons. The quantitative estimate of drug-likeness (QED) is 0.612. The Balaban J connectivity index is 1.70. The molecule has 2 atom stereocenters. The van der Waals surface area contributed by atoms with Gasteiger partial charge in [-0.15, -0.1) is 0 Å². The number of amides is 2. The van der Waals surface area contributed by atoms with E-state index >= 15 is 0 Å². The monoisotopic (exact) mass is 237 g/mol. The normalized spacial score (nSPS) is 35.7. The molecule has 0 aliphatic carbocycles. The van der Waals surface area contributed by atoms with Gasteiger partial charge in [-0.25, -0.2) is 0 Å². The molecule has 3 fully saturated rings. The fourth-order valence-corrected chi connectivity index (χ4v) is 3.41. The minimum absolute atomic E-state index is 0.0245. The first-order valence-electron chi connectivity index (χ1n) is 6.44. The van der Waals surface area contributed by atoms with Gasteiger partial charge in [-0.05, 0) is 25.9 Å². The second-order valence-electron chi connectivity index (χ2n) is 5.38. The topological polar surface area (TPSA) is 52.7 Å². The van der Waals surface area contributed by atoms with Gasteiger partial charge < -0.3 is 5.32 Å².